The van der Waals surface area contributed by atoms with E-state index in [2.05, 4.69) is 15.3 Å². The Kier molecular flexibility index (Phi) is 5.02. The van der Waals surface area contributed by atoms with Crippen molar-refractivity contribution in [2.75, 3.05) is 18.6 Å². The van der Waals surface area contributed by atoms with E-state index in [1.807, 2.05) is 24.3 Å². The van der Waals surface area contributed by atoms with Crippen molar-refractivity contribution in [3.63, 3.8) is 0 Å². The number of hydrogen-bond acceptors (Lipinski definition) is 5. The fraction of sp³-hybridized carbons (Fsp3) is 0.217. The zero-order valence-electron chi connectivity index (χ0n) is 17.3. The maximum absolute atomic E-state index is 13.6. The van der Waals surface area contributed by atoms with E-state index in [-0.39, 0.29) is 23.4 Å². The maximum atomic E-state index is 13.6. The molecule has 0 radical (unpaired) electrons. The molecule has 1 amide bonds. The molecule has 2 aromatic carbocycles. The van der Waals surface area contributed by atoms with Crippen LogP contribution >= 0.6 is 0 Å². The molecule has 3 heterocycles. The third-order valence-corrected chi connectivity index (χ3v) is 5.61. The molecule has 1 fully saturated rings. The van der Waals surface area contributed by atoms with Crippen molar-refractivity contribution in [2.24, 2.45) is 0 Å². The van der Waals surface area contributed by atoms with Crippen LogP contribution in [0.25, 0.3) is 27.8 Å². The molecule has 0 aliphatic carbocycles. The number of aromatic nitrogens is 4. The molecule has 162 valence electrons. The second-order valence-electron chi connectivity index (χ2n) is 7.71. The predicted octanol–water partition coefficient (Wildman–Crippen LogP) is 3.06. The van der Waals surface area contributed by atoms with Crippen molar-refractivity contribution in [1.82, 2.24) is 20.0 Å². The smallest absolute Gasteiger partial charge is 0.258 e. The van der Waals surface area contributed by atoms with Gasteiger partial charge in [0.15, 0.2) is 0 Å². The van der Waals surface area contributed by atoms with E-state index in [9.17, 15) is 14.0 Å². The summed E-state index contributed by atoms with van der Waals surface area (Å²) in [7, 11) is 1.72. The topological polar surface area (TPSA) is 93.1 Å². The largest absolute Gasteiger partial charge is 0.368 e. The van der Waals surface area contributed by atoms with Gasteiger partial charge in [0.25, 0.3) is 11.5 Å². The normalized spacial score (nSPS) is 15.9. The summed E-state index contributed by atoms with van der Waals surface area (Å²) in [5.74, 6) is -0.451. The average molecular weight is 433 g/mol. The number of pyridine rings is 1. The van der Waals surface area contributed by atoms with Crippen LogP contribution in [0.5, 0.6) is 0 Å². The third kappa shape index (κ3) is 3.67. The molecule has 1 saturated heterocycles. The number of carbonyl (C=O) groups is 1. The molecule has 2 aromatic heterocycles. The Morgan fingerprint density at radius 1 is 1.22 bits per heavy atom. The fourth-order valence-electron chi connectivity index (χ4n) is 3.83. The number of halogens is 1. The fourth-order valence-corrected chi connectivity index (χ4v) is 3.83. The number of nitrogens with zero attached hydrogens (tertiary/aromatic N) is 4. The lowest BCUT2D eigenvalue weighted by molar-refractivity contribution is -0.127. The third-order valence-electron chi connectivity index (χ3n) is 5.61. The lowest BCUT2D eigenvalue weighted by Crippen LogP contribution is -2.35. The number of nitrogens with one attached hydrogen (secondary N) is 1. The minimum absolute atomic E-state index is 0.0646. The molecule has 1 aliphatic rings. The Labute approximate surface area is 182 Å². The zero-order valence-corrected chi connectivity index (χ0v) is 17.3. The first-order valence-corrected chi connectivity index (χ1v) is 10.2. The summed E-state index contributed by atoms with van der Waals surface area (Å²) in [6.07, 6.45) is 2.88. The molecule has 1 atom stereocenters. The van der Waals surface area contributed by atoms with Crippen LogP contribution in [0.3, 0.4) is 0 Å². The average Bonchev–Trinajstić information content (AvgIpc) is 3.51. The second kappa shape index (κ2) is 8.01. The van der Waals surface area contributed by atoms with Gasteiger partial charge in [-0.3, -0.25) is 9.59 Å². The van der Waals surface area contributed by atoms with Gasteiger partial charge in [0.1, 0.15) is 17.6 Å². The molecule has 1 aliphatic heterocycles. The van der Waals surface area contributed by atoms with Crippen LogP contribution < -0.4 is 10.5 Å². The molecule has 8 nitrogen and oxygen atoms in total. The lowest BCUT2D eigenvalue weighted by Gasteiger charge is -2.20. The first kappa shape index (κ1) is 20.1. The Morgan fingerprint density at radius 3 is 2.78 bits per heavy atom. The molecule has 0 saturated carbocycles. The van der Waals surface area contributed by atoms with E-state index in [0.29, 0.717) is 34.5 Å². The summed E-state index contributed by atoms with van der Waals surface area (Å²) < 4.78 is 20.6. The van der Waals surface area contributed by atoms with E-state index in [1.54, 1.807) is 24.2 Å². The summed E-state index contributed by atoms with van der Waals surface area (Å²) in [5, 5.41) is 8.79. The summed E-state index contributed by atoms with van der Waals surface area (Å²) in [4.78, 5) is 29.3. The Bertz CT molecular complexity index is 1360. The van der Waals surface area contributed by atoms with Crippen LogP contribution in [-0.4, -0.2) is 45.6 Å². The number of H-pyrrole nitrogens is 1. The number of aromatic amines is 1. The number of amides is 1. The van der Waals surface area contributed by atoms with Gasteiger partial charge in [0.2, 0.25) is 0 Å². The van der Waals surface area contributed by atoms with Crippen LogP contribution in [0, 0.1) is 5.82 Å². The predicted molar refractivity (Wildman–Crippen MR) is 117 cm³/mol. The van der Waals surface area contributed by atoms with Gasteiger partial charge in [0.05, 0.1) is 17.4 Å². The van der Waals surface area contributed by atoms with Crippen LogP contribution in [0.1, 0.15) is 12.8 Å². The highest BCUT2D eigenvalue weighted by atomic mass is 19.1. The minimum Gasteiger partial charge on any atom is -0.368 e. The molecule has 0 spiro atoms. The number of likely N-dealkylation sites (N-methyl/N-ethyl adjacent to an activating group) is 1. The first-order chi connectivity index (χ1) is 15.5. The Hall–Kier alpha value is -3.85. The first-order valence-electron chi connectivity index (χ1n) is 10.2. The van der Waals surface area contributed by atoms with Gasteiger partial charge in [-0.2, -0.15) is 0 Å². The van der Waals surface area contributed by atoms with Crippen molar-refractivity contribution in [1.29, 1.82) is 0 Å². The highest BCUT2D eigenvalue weighted by molar-refractivity contribution is 5.96. The standard InChI is InChI=1S/C23H20FN5O3/c1-28(23(31)21-3-2-10-32-21)16-5-7-17(8-6-16)29-13-20(26-27-29)18-12-14-11-15(24)4-9-19(14)25-22(18)30/h4-9,11-13,21H,2-3,10H2,1H3,(H,25,30). The van der Waals surface area contributed by atoms with Crippen LogP contribution in [0.4, 0.5) is 10.1 Å². The van der Waals surface area contributed by atoms with Crippen molar-refractivity contribution in [3.05, 3.63) is 70.9 Å². The van der Waals surface area contributed by atoms with Crippen molar-refractivity contribution >= 4 is 22.5 Å². The number of rotatable bonds is 4. The molecule has 5 rings (SSSR count). The Balaban J connectivity index is 1.40. The number of ether oxygens (including phenoxy) is 1. The highest BCUT2D eigenvalue weighted by Gasteiger charge is 2.27. The van der Waals surface area contributed by atoms with Gasteiger partial charge in [-0.15, -0.1) is 5.10 Å². The molecule has 1 unspecified atom stereocenters. The van der Waals surface area contributed by atoms with Crippen LogP contribution in [0.2, 0.25) is 0 Å². The van der Waals surface area contributed by atoms with Crippen LogP contribution in [0.15, 0.2) is 59.5 Å². The van der Waals surface area contributed by atoms with Gasteiger partial charge < -0.3 is 14.6 Å². The van der Waals surface area contributed by atoms with Gasteiger partial charge >= 0.3 is 0 Å². The summed E-state index contributed by atoms with van der Waals surface area (Å²) in [6.45, 7) is 0.618. The number of benzene rings is 2. The van der Waals surface area contributed by atoms with Crippen molar-refractivity contribution in [2.45, 2.75) is 18.9 Å². The van der Waals surface area contributed by atoms with Gasteiger partial charge in [-0.25, -0.2) is 9.07 Å². The number of carbonyl (C=O) groups excluding carboxylic acids is 1. The van der Waals surface area contributed by atoms with E-state index in [1.165, 1.54) is 22.9 Å². The van der Waals surface area contributed by atoms with E-state index in [4.69, 9.17) is 4.74 Å². The SMILES string of the molecule is CN(C(=O)C1CCCO1)c1ccc(-n2cc(-c3cc4cc(F)ccc4[nH]c3=O)nn2)cc1. The minimum atomic E-state index is -0.387. The molecule has 1 N–H and O–H groups in total. The molecule has 4 aromatic rings. The molecular weight excluding hydrogens is 413 g/mol. The van der Waals surface area contributed by atoms with Crippen molar-refractivity contribution < 1.29 is 13.9 Å². The maximum Gasteiger partial charge on any atom is 0.258 e. The quantitative estimate of drug-likeness (QED) is 0.534. The van der Waals surface area contributed by atoms with Gasteiger partial charge in [0, 0.05) is 30.2 Å². The van der Waals surface area contributed by atoms with Crippen LogP contribution in [-0.2, 0) is 9.53 Å². The van der Waals surface area contributed by atoms with E-state index in [0.717, 1.165) is 18.5 Å². The zero-order chi connectivity index (χ0) is 22.2. The summed E-state index contributed by atoms with van der Waals surface area (Å²) >= 11 is 0. The summed E-state index contributed by atoms with van der Waals surface area (Å²) in [5.41, 5.74) is 2.34. The molecule has 32 heavy (non-hydrogen) atoms. The molecule has 9 heteroatoms. The van der Waals surface area contributed by atoms with Crippen molar-refractivity contribution in [3.8, 4) is 16.9 Å². The Morgan fingerprint density at radius 2 is 2.03 bits per heavy atom. The lowest BCUT2D eigenvalue weighted by atomic mass is 10.1. The van der Waals surface area contributed by atoms with E-state index >= 15 is 0 Å². The number of hydrogen-bond donors (Lipinski definition) is 1. The highest BCUT2D eigenvalue weighted by Crippen LogP contribution is 2.22. The van der Waals surface area contributed by atoms with E-state index < -0.39 is 0 Å². The van der Waals surface area contributed by atoms with Gasteiger partial charge in [-0.1, -0.05) is 5.21 Å². The number of anilines is 1. The second-order valence-corrected chi connectivity index (χ2v) is 7.71. The van der Waals surface area contributed by atoms with Gasteiger partial charge in [-0.05, 0) is 61.4 Å². The molecule has 0 bridgehead atoms. The summed E-state index contributed by atoms with van der Waals surface area (Å²) in [6, 6.07) is 13.0. The monoisotopic (exact) mass is 433 g/mol. The molecular formula is C23H20FN5O3. The number of fused-ring (bicyclic) bond motifs is 1.